The average Bonchev–Trinajstić information content (AvgIpc) is 2.85. The van der Waals surface area contributed by atoms with Crippen molar-refractivity contribution in [3.05, 3.63) is 54.5 Å². The first-order valence-corrected chi connectivity index (χ1v) is 7.05. The molecule has 3 heterocycles. The van der Waals surface area contributed by atoms with Crippen LogP contribution in [0.4, 0.5) is 0 Å². The molecule has 0 aliphatic rings. The number of halogens is 1. The van der Waals surface area contributed by atoms with Crippen LogP contribution in [-0.4, -0.2) is 11.5 Å². The van der Waals surface area contributed by atoms with Gasteiger partial charge in [0, 0.05) is 28.4 Å². The zero-order valence-corrected chi connectivity index (χ0v) is 15.0. The van der Waals surface area contributed by atoms with Gasteiger partial charge in [0.15, 0.2) is 12.4 Å². The lowest BCUT2D eigenvalue weighted by atomic mass is 10.1. The number of nitrogens with zero attached hydrogens (tertiary/aromatic N) is 2. The Morgan fingerprint density at radius 2 is 1.86 bits per heavy atom. The van der Waals surface area contributed by atoms with Gasteiger partial charge in [-0.3, -0.25) is 0 Å². The number of rotatable bonds is 1. The van der Waals surface area contributed by atoms with Crippen molar-refractivity contribution < 1.29 is 33.3 Å². The van der Waals surface area contributed by atoms with Crippen LogP contribution >= 0.6 is 0 Å². The largest absolute Gasteiger partial charge is 1.00 e. The standard InChI is InChI=1S/C18H17N2O.HI/c1-12-8-17-16-9-14(21-3)5-4-13(16)10-20(17)18-11-19(2)7-6-15(12)18;/h4-11H,1-3H3;1H/q+1;/p-1. The van der Waals surface area contributed by atoms with Crippen molar-refractivity contribution >= 4 is 27.2 Å². The number of aryl methyl sites for hydroxylation is 2. The summed E-state index contributed by atoms with van der Waals surface area (Å²) in [6.45, 7) is 2.17. The Hall–Kier alpha value is -1.82. The van der Waals surface area contributed by atoms with Crippen LogP contribution in [0.3, 0.4) is 0 Å². The molecule has 0 radical (unpaired) electrons. The van der Waals surface area contributed by atoms with Crippen molar-refractivity contribution in [3.63, 3.8) is 0 Å². The van der Waals surface area contributed by atoms with Crippen molar-refractivity contribution in [2.75, 3.05) is 7.11 Å². The second kappa shape index (κ2) is 5.43. The van der Waals surface area contributed by atoms with Gasteiger partial charge in [0.05, 0.1) is 12.6 Å². The summed E-state index contributed by atoms with van der Waals surface area (Å²) in [5, 5.41) is 3.74. The van der Waals surface area contributed by atoms with E-state index in [2.05, 4.69) is 65.8 Å². The van der Waals surface area contributed by atoms with Gasteiger partial charge in [0.25, 0.3) is 0 Å². The van der Waals surface area contributed by atoms with Crippen LogP contribution in [0.2, 0.25) is 0 Å². The Labute approximate surface area is 146 Å². The third-order valence-electron chi connectivity index (χ3n) is 4.18. The quantitative estimate of drug-likeness (QED) is 0.332. The van der Waals surface area contributed by atoms with Gasteiger partial charge >= 0.3 is 0 Å². The molecular weight excluding hydrogens is 387 g/mol. The minimum Gasteiger partial charge on any atom is -1.00 e. The molecule has 0 N–H and O–H groups in total. The highest BCUT2D eigenvalue weighted by Crippen LogP contribution is 2.30. The van der Waals surface area contributed by atoms with Crippen molar-refractivity contribution in [2.24, 2.45) is 7.05 Å². The number of aromatic nitrogens is 2. The van der Waals surface area contributed by atoms with E-state index in [0.717, 1.165) is 5.75 Å². The smallest absolute Gasteiger partial charge is 0.193 e. The minimum atomic E-state index is 0. The van der Waals surface area contributed by atoms with E-state index in [1.165, 1.54) is 32.8 Å². The van der Waals surface area contributed by atoms with E-state index in [1.54, 1.807) is 7.11 Å². The van der Waals surface area contributed by atoms with Gasteiger partial charge in [0.2, 0.25) is 0 Å². The van der Waals surface area contributed by atoms with Crippen LogP contribution in [0.25, 0.3) is 27.2 Å². The fourth-order valence-corrected chi connectivity index (χ4v) is 3.07. The van der Waals surface area contributed by atoms with E-state index in [4.69, 9.17) is 4.74 Å². The number of benzene rings is 1. The summed E-state index contributed by atoms with van der Waals surface area (Å²) in [5.41, 5.74) is 3.74. The molecule has 0 unspecified atom stereocenters. The molecule has 22 heavy (non-hydrogen) atoms. The zero-order valence-electron chi connectivity index (χ0n) is 12.8. The van der Waals surface area contributed by atoms with Gasteiger partial charge in [-0.1, -0.05) is 0 Å². The first kappa shape index (κ1) is 15.1. The molecule has 0 fully saturated rings. The predicted octanol–water partition coefficient (Wildman–Crippen LogP) is 0.391. The number of pyridine rings is 2. The Bertz CT molecular complexity index is 1000. The van der Waals surface area contributed by atoms with Gasteiger partial charge in [0.1, 0.15) is 18.3 Å². The Balaban J connectivity index is 0.00000144. The lowest BCUT2D eigenvalue weighted by molar-refractivity contribution is -0.670. The molecule has 0 spiro atoms. The molecule has 112 valence electrons. The van der Waals surface area contributed by atoms with Crippen LogP contribution in [0.5, 0.6) is 5.75 Å². The lowest BCUT2D eigenvalue weighted by Gasteiger charge is -2.05. The Morgan fingerprint density at radius 3 is 2.64 bits per heavy atom. The van der Waals surface area contributed by atoms with Crippen molar-refractivity contribution in [2.45, 2.75) is 6.92 Å². The lowest BCUT2D eigenvalue weighted by Crippen LogP contribution is -3.00. The molecule has 3 nitrogen and oxygen atoms in total. The summed E-state index contributed by atoms with van der Waals surface area (Å²) in [6, 6.07) is 10.7. The van der Waals surface area contributed by atoms with Crippen LogP contribution in [-0.2, 0) is 7.05 Å². The predicted molar refractivity (Wildman–Crippen MR) is 84.9 cm³/mol. The molecular formula is C18H17IN2O. The maximum absolute atomic E-state index is 5.36. The van der Waals surface area contributed by atoms with Crippen molar-refractivity contribution in [1.82, 2.24) is 4.40 Å². The molecule has 1 aromatic carbocycles. The Morgan fingerprint density at radius 1 is 1.05 bits per heavy atom. The fourth-order valence-electron chi connectivity index (χ4n) is 3.07. The summed E-state index contributed by atoms with van der Waals surface area (Å²) in [5.74, 6) is 0.895. The minimum absolute atomic E-state index is 0. The zero-order chi connectivity index (χ0) is 14.6. The summed E-state index contributed by atoms with van der Waals surface area (Å²) in [7, 11) is 3.76. The average molecular weight is 404 g/mol. The molecule has 4 rings (SSSR count). The van der Waals surface area contributed by atoms with E-state index < -0.39 is 0 Å². The number of hydrogen-bond donors (Lipinski definition) is 0. The second-order valence-corrected chi connectivity index (χ2v) is 5.57. The van der Waals surface area contributed by atoms with E-state index in [-0.39, 0.29) is 24.0 Å². The van der Waals surface area contributed by atoms with Crippen molar-refractivity contribution in [1.29, 1.82) is 0 Å². The molecule has 0 saturated carbocycles. The molecule has 0 atom stereocenters. The first-order valence-electron chi connectivity index (χ1n) is 7.05. The van der Waals surface area contributed by atoms with Crippen LogP contribution in [0.15, 0.2) is 48.9 Å². The number of ether oxygens (including phenoxy) is 1. The number of hydrogen-bond acceptors (Lipinski definition) is 1. The molecule has 4 heteroatoms. The third-order valence-corrected chi connectivity index (χ3v) is 4.18. The highest BCUT2D eigenvalue weighted by molar-refractivity contribution is 6.02. The topological polar surface area (TPSA) is 17.5 Å². The fraction of sp³-hybridized carbons (Fsp3) is 0.167. The molecule has 0 aliphatic carbocycles. The first-order chi connectivity index (χ1) is 10.2. The highest BCUT2D eigenvalue weighted by Gasteiger charge is 2.11. The summed E-state index contributed by atoms with van der Waals surface area (Å²) in [4.78, 5) is 0. The maximum atomic E-state index is 5.36. The molecule has 3 aromatic heterocycles. The van der Waals surface area contributed by atoms with Gasteiger partial charge in [-0.25, -0.2) is 4.57 Å². The second-order valence-electron chi connectivity index (χ2n) is 5.57. The summed E-state index contributed by atoms with van der Waals surface area (Å²) in [6.07, 6.45) is 6.46. The summed E-state index contributed by atoms with van der Waals surface area (Å²) < 4.78 is 9.72. The molecule has 0 saturated heterocycles. The third kappa shape index (κ3) is 2.13. The van der Waals surface area contributed by atoms with E-state index >= 15 is 0 Å². The van der Waals surface area contributed by atoms with Gasteiger partial charge in [-0.15, -0.1) is 0 Å². The number of fused-ring (bicyclic) bond motifs is 5. The van der Waals surface area contributed by atoms with Crippen LogP contribution in [0.1, 0.15) is 5.56 Å². The van der Waals surface area contributed by atoms with E-state index in [9.17, 15) is 0 Å². The number of methoxy groups -OCH3 is 1. The van der Waals surface area contributed by atoms with Crippen molar-refractivity contribution in [3.8, 4) is 5.75 Å². The van der Waals surface area contributed by atoms with Gasteiger partial charge in [-0.2, -0.15) is 0 Å². The normalized spacial score (nSPS) is 11.0. The molecule has 4 aromatic rings. The maximum Gasteiger partial charge on any atom is 0.193 e. The van der Waals surface area contributed by atoms with Crippen LogP contribution in [0, 0.1) is 6.92 Å². The van der Waals surface area contributed by atoms with Gasteiger partial charge < -0.3 is 33.1 Å². The van der Waals surface area contributed by atoms with Crippen LogP contribution < -0.4 is 33.3 Å². The summed E-state index contributed by atoms with van der Waals surface area (Å²) >= 11 is 0. The van der Waals surface area contributed by atoms with E-state index in [0.29, 0.717) is 0 Å². The highest BCUT2D eigenvalue weighted by atomic mass is 127. The molecule has 0 bridgehead atoms. The monoisotopic (exact) mass is 404 g/mol. The molecule has 0 amide bonds. The Kier molecular flexibility index (Phi) is 3.72. The van der Waals surface area contributed by atoms with E-state index in [1.807, 2.05) is 6.07 Å². The SMILES string of the molecule is COc1ccc2cn3c4c[n+](C)ccc4c(C)cc3c2c1.[I-]. The van der Waals surface area contributed by atoms with Gasteiger partial charge in [-0.05, 0) is 36.8 Å². The molecule has 0 aliphatic heterocycles.